The summed E-state index contributed by atoms with van der Waals surface area (Å²) in [6.07, 6.45) is 0.395. The van der Waals surface area contributed by atoms with E-state index < -0.39 is 59.4 Å². The highest BCUT2D eigenvalue weighted by molar-refractivity contribution is 5.95. The number of carboxylic acid groups (broad SMARTS) is 1. The Balaban J connectivity index is 1.83. The van der Waals surface area contributed by atoms with E-state index in [-0.39, 0.29) is 35.3 Å². The van der Waals surface area contributed by atoms with Gasteiger partial charge in [0, 0.05) is 12.0 Å². The quantitative estimate of drug-likeness (QED) is 0.0670. The van der Waals surface area contributed by atoms with E-state index in [1.54, 1.807) is 6.92 Å². The molecule has 0 saturated carbocycles. The van der Waals surface area contributed by atoms with Gasteiger partial charge in [0.1, 0.15) is 17.4 Å². The normalized spacial score (nSPS) is 12.1. The average molecular weight is 663 g/mol. The largest absolute Gasteiger partial charge is 0.478 e. The van der Waals surface area contributed by atoms with Crippen molar-refractivity contribution in [1.29, 1.82) is 0 Å². The maximum Gasteiger partial charge on any atom is 0.425 e. The van der Waals surface area contributed by atoms with Crippen molar-refractivity contribution >= 4 is 17.9 Å². The lowest BCUT2D eigenvalue weighted by atomic mass is 9.91. The van der Waals surface area contributed by atoms with Gasteiger partial charge < -0.3 is 14.6 Å². The molecule has 254 valence electrons. The maximum absolute atomic E-state index is 15.7. The van der Waals surface area contributed by atoms with Crippen LogP contribution in [-0.4, -0.2) is 35.3 Å². The van der Waals surface area contributed by atoms with Crippen LogP contribution in [0.25, 0.3) is 22.3 Å². The first kappa shape index (κ1) is 37.2. The van der Waals surface area contributed by atoms with Gasteiger partial charge >= 0.3 is 24.1 Å². The lowest BCUT2D eigenvalue weighted by Gasteiger charge is -2.21. The summed E-state index contributed by atoms with van der Waals surface area (Å²) in [6.45, 7) is 3.82. The second-order valence-corrected chi connectivity index (χ2v) is 11.3. The summed E-state index contributed by atoms with van der Waals surface area (Å²) in [7, 11) is 0. The summed E-state index contributed by atoms with van der Waals surface area (Å²) in [4.78, 5) is 36.5. The van der Waals surface area contributed by atoms with Crippen LogP contribution in [0.3, 0.4) is 0 Å². The fourth-order valence-electron chi connectivity index (χ4n) is 5.08. The molecule has 1 N–H and O–H groups in total. The van der Waals surface area contributed by atoms with E-state index in [0.717, 1.165) is 49.9 Å². The molecule has 6 nitrogen and oxygen atoms in total. The number of hydrogen-bond acceptors (Lipinski definition) is 5. The highest BCUT2D eigenvalue weighted by Crippen LogP contribution is 2.38. The number of carbonyl (C=O) groups excluding carboxylic acids is 2. The number of alkyl halides is 3. The van der Waals surface area contributed by atoms with Crippen molar-refractivity contribution in [2.75, 3.05) is 0 Å². The zero-order valence-corrected chi connectivity index (χ0v) is 26.4. The Labute approximate surface area is 270 Å². The van der Waals surface area contributed by atoms with Gasteiger partial charge in [0.05, 0.1) is 11.1 Å². The molecule has 3 aromatic rings. The van der Waals surface area contributed by atoms with Crippen molar-refractivity contribution in [3.63, 3.8) is 0 Å². The van der Waals surface area contributed by atoms with E-state index in [1.807, 2.05) is 0 Å². The van der Waals surface area contributed by atoms with Crippen LogP contribution < -0.4 is 4.74 Å². The molecule has 0 saturated heterocycles. The van der Waals surface area contributed by atoms with Crippen LogP contribution in [-0.2, 0) is 9.53 Å². The summed E-state index contributed by atoms with van der Waals surface area (Å²) in [5.74, 6) is -5.74. The lowest BCUT2D eigenvalue weighted by Crippen LogP contribution is -2.34. The van der Waals surface area contributed by atoms with Gasteiger partial charge in [-0.25, -0.2) is 18.4 Å². The fraction of sp³-hybridized carbons (Fsp3) is 0.417. The van der Waals surface area contributed by atoms with Crippen molar-refractivity contribution in [2.24, 2.45) is 0 Å². The molecule has 0 spiro atoms. The predicted molar refractivity (Wildman–Crippen MR) is 167 cm³/mol. The molecule has 0 aliphatic rings. The van der Waals surface area contributed by atoms with Crippen molar-refractivity contribution in [2.45, 2.75) is 96.8 Å². The summed E-state index contributed by atoms with van der Waals surface area (Å²) < 4.78 is 81.0. The second kappa shape index (κ2) is 17.6. The molecular weight excluding hydrogens is 623 g/mol. The Kier molecular flexibility index (Phi) is 13.9. The average Bonchev–Trinajstić information content (AvgIpc) is 3.02. The number of carbonyl (C=O) groups is 3. The molecule has 0 aliphatic heterocycles. The number of aromatic carboxylic acids is 1. The Morgan fingerprint density at radius 2 is 1.36 bits per heavy atom. The van der Waals surface area contributed by atoms with Gasteiger partial charge in [-0.05, 0) is 66.3 Å². The van der Waals surface area contributed by atoms with Crippen molar-refractivity contribution in [3.05, 3.63) is 77.4 Å². The minimum Gasteiger partial charge on any atom is -0.478 e. The minimum absolute atomic E-state index is 0.128. The van der Waals surface area contributed by atoms with Crippen LogP contribution >= 0.6 is 0 Å². The summed E-state index contributed by atoms with van der Waals surface area (Å²) in [6, 6.07) is 11.1. The highest BCUT2D eigenvalue weighted by atomic mass is 19.4. The van der Waals surface area contributed by atoms with E-state index >= 15 is 8.78 Å². The highest BCUT2D eigenvalue weighted by Gasteiger charge is 2.42. The number of ether oxygens (including phenoxy) is 2. The molecule has 3 aromatic carbocycles. The standard InChI is InChI=1S/C36H39F5O6/c1-3-5-7-8-9-10-11-13-31(42)46-25-17-14-23(15-18-25)26-20-21-28(34(43)44)33(38)32(26)24-16-19-27(29(37)22-24)35(45)47-30(12-6-4-2)36(39,40)41/h14-22,30H,3-13H2,1-2H3,(H,43,44). The van der Waals surface area contributed by atoms with Gasteiger partial charge in [-0.2, -0.15) is 13.2 Å². The van der Waals surface area contributed by atoms with Gasteiger partial charge in [-0.15, -0.1) is 0 Å². The SMILES string of the molecule is CCCCCCCCCC(=O)Oc1ccc(-c2ccc(C(=O)O)c(F)c2-c2ccc(C(=O)OC(CCCC)C(F)(F)F)c(F)c2)cc1. The molecule has 0 bridgehead atoms. The van der Waals surface area contributed by atoms with Gasteiger partial charge in [-0.3, -0.25) is 4.79 Å². The minimum atomic E-state index is -4.85. The zero-order chi connectivity index (χ0) is 34.6. The zero-order valence-electron chi connectivity index (χ0n) is 26.4. The van der Waals surface area contributed by atoms with Gasteiger partial charge in [0.2, 0.25) is 0 Å². The molecule has 0 aromatic heterocycles. The number of rotatable bonds is 17. The first-order valence-corrected chi connectivity index (χ1v) is 15.8. The van der Waals surface area contributed by atoms with E-state index in [1.165, 1.54) is 43.2 Å². The van der Waals surface area contributed by atoms with Gasteiger partial charge in [0.25, 0.3) is 0 Å². The molecule has 11 heteroatoms. The fourth-order valence-corrected chi connectivity index (χ4v) is 5.08. The third kappa shape index (κ3) is 10.6. The van der Waals surface area contributed by atoms with Crippen molar-refractivity contribution < 1.29 is 50.9 Å². The van der Waals surface area contributed by atoms with Crippen LogP contribution in [0.15, 0.2) is 54.6 Å². The molecule has 47 heavy (non-hydrogen) atoms. The van der Waals surface area contributed by atoms with Crippen LogP contribution in [0, 0.1) is 11.6 Å². The van der Waals surface area contributed by atoms with Crippen molar-refractivity contribution in [1.82, 2.24) is 0 Å². The molecule has 0 amide bonds. The maximum atomic E-state index is 15.7. The third-order valence-electron chi connectivity index (χ3n) is 7.67. The monoisotopic (exact) mass is 662 g/mol. The van der Waals surface area contributed by atoms with Crippen LogP contribution in [0.4, 0.5) is 22.0 Å². The Bertz CT molecular complexity index is 1520. The van der Waals surface area contributed by atoms with E-state index in [2.05, 4.69) is 11.7 Å². The summed E-state index contributed by atoms with van der Waals surface area (Å²) >= 11 is 0. The topological polar surface area (TPSA) is 89.9 Å². The molecule has 1 unspecified atom stereocenters. The van der Waals surface area contributed by atoms with E-state index in [9.17, 15) is 32.7 Å². The molecule has 0 aliphatic carbocycles. The molecular formula is C36H39F5O6. The Morgan fingerprint density at radius 3 is 1.96 bits per heavy atom. The molecule has 0 radical (unpaired) electrons. The molecule has 0 heterocycles. The Morgan fingerprint density at radius 1 is 0.766 bits per heavy atom. The second-order valence-electron chi connectivity index (χ2n) is 11.3. The lowest BCUT2D eigenvalue weighted by molar-refractivity contribution is -0.206. The van der Waals surface area contributed by atoms with Crippen molar-refractivity contribution in [3.8, 4) is 28.0 Å². The van der Waals surface area contributed by atoms with Gasteiger partial charge in [0.15, 0.2) is 6.10 Å². The molecule has 3 rings (SSSR count). The van der Waals surface area contributed by atoms with E-state index in [4.69, 9.17) is 4.74 Å². The first-order valence-electron chi connectivity index (χ1n) is 15.8. The third-order valence-corrected chi connectivity index (χ3v) is 7.67. The number of unbranched alkanes of at least 4 members (excludes halogenated alkanes) is 7. The van der Waals surface area contributed by atoms with Gasteiger partial charge in [-0.1, -0.05) is 83.1 Å². The number of halogens is 5. The van der Waals surface area contributed by atoms with Crippen LogP contribution in [0.1, 0.15) is 105 Å². The number of hydrogen-bond donors (Lipinski definition) is 1. The number of esters is 2. The summed E-state index contributed by atoms with van der Waals surface area (Å²) in [5.41, 5.74) is -1.46. The first-order chi connectivity index (χ1) is 22.4. The summed E-state index contributed by atoms with van der Waals surface area (Å²) in [5, 5.41) is 9.51. The Hall–Kier alpha value is -4.28. The number of carboxylic acids is 1. The van der Waals surface area contributed by atoms with Crippen LogP contribution in [0.5, 0.6) is 5.75 Å². The molecule has 1 atom stereocenters. The number of benzene rings is 3. The van der Waals surface area contributed by atoms with Crippen LogP contribution in [0.2, 0.25) is 0 Å². The smallest absolute Gasteiger partial charge is 0.425 e. The van der Waals surface area contributed by atoms with E-state index in [0.29, 0.717) is 18.4 Å². The predicted octanol–water partition coefficient (Wildman–Crippen LogP) is 10.3. The molecule has 0 fully saturated rings.